The maximum atomic E-state index is 13.9. The van der Waals surface area contributed by atoms with Gasteiger partial charge in [-0.1, -0.05) is 23.2 Å². The molecule has 35 heavy (non-hydrogen) atoms. The summed E-state index contributed by atoms with van der Waals surface area (Å²) in [7, 11) is -4.53. The minimum Gasteiger partial charge on any atom is -0.490 e. The number of nitrogens with zero attached hydrogens (tertiary/aromatic N) is 2. The number of likely N-dealkylation sites (tertiary alicyclic amines) is 2. The molecule has 190 valence electrons. The number of amides is 2. The molecular formula is C23H25Cl2F2N3O4S. The van der Waals surface area contributed by atoms with E-state index >= 15 is 0 Å². The van der Waals surface area contributed by atoms with Crippen LogP contribution in [0.2, 0.25) is 10.0 Å². The first kappa shape index (κ1) is 25.9. The lowest BCUT2D eigenvalue weighted by Gasteiger charge is -2.41. The van der Waals surface area contributed by atoms with Crippen LogP contribution < -0.4 is 9.46 Å². The second-order valence-corrected chi connectivity index (χ2v) is 11.1. The molecule has 2 amide bonds. The first-order chi connectivity index (χ1) is 16.6. The summed E-state index contributed by atoms with van der Waals surface area (Å²) in [4.78, 5) is 15.3. The lowest BCUT2D eigenvalue weighted by molar-refractivity contribution is 0.0540. The van der Waals surface area contributed by atoms with E-state index in [4.69, 9.17) is 27.9 Å². The Morgan fingerprint density at radius 1 is 0.943 bits per heavy atom. The summed E-state index contributed by atoms with van der Waals surface area (Å²) < 4.78 is 59.9. The number of hydrogen-bond donors (Lipinski definition) is 1. The smallest absolute Gasteiger partial charge is 0.331 e. The zero-order valence-corrected chi connectivity index (χ0v) is 21.1. The molecule has 2 aromatic rings. The van der Waals surface area contributed by atoms with Gasteiger partial charge in [-0.3, -0.25) is 4.90 Å². The molecule has 2 fully saturated rings. The van der Waals surface area contributed by atoms with Crippen LogP contribution >= 0.6 is 23.2 Å². The molecule has 2 aliphatic heterocycles. The van der Waals surface area contributed by atoms with Crippen molar-refractivity contribution in [1.82, 2.24) is 14.5 Å². The monoisotopic (exact) mass is 547 g/mol. The fourth-order valence-corrected chi connectivity index (χ4v) is 5.80. The van der Waals surface area contributed by atoms with Crippen molar-refractivity contribution < 1.29 is 26.7 Å². The number of ether oxygens (including phenoxy) is 1. The van der Waals surface area contributed by atoms with Gasteiger partial charge in [0, 0.05) is 38.3 Å². The van der Waals surface area contributed by atoms with Crippen LogP contribution in [0, 0.1) is 11.6 Å². The number of rotatable bonds is 5. The molecule has 2 aromatic carbocycles. The standard InChI is InChI=1S/C23H25Cl2F2N3O4S/c24-19-3-2-18(14-20(19)25)34-17-7-11-29(12-8-17)16-5-9-30(10-6-16)23(31)28-35(32,33)22-13-15(26)1-4-21(22)27/h1-4,13-14,16-17H,5-12H2,(H,28,31). The molecule has 0 saturated carbocycles. The summed E-state index contributed by atoms with van der Waals surface area (Å²) >= 11 is 12.0. The molecule has 2 heterocycles. The summed E-state index contributed by atoms with van der Waals surface area (Å²) in [5, 5.41) is 0.929. The highest BCUT2D eigenvalue weighted by atomic mass is 35.5. The highest BCUT2D eigenvalue weighted by molar-refractivity contribution is 7.90. The third-order valence-electron chi connectivity index (χ3n) is 6.34. The van der Waals surface area contributed by atoms with E-state index in [1.54, 1.807) is 18.2 Å². The molecule has 2 saturated heterocycles. The van der Waals surface area contributed by atoms with Crippen molar-refractivity contribution in [3.8, 4) is 5.75 Å². The Morgan fingerprint density at radius 3 is 2.29 bits per heavy atom. The van der Waals surface area contributed by atoms with E-state index in [0.29, 0.717) is 53.9 Å². The number of halogens is 4. The Bertz CT molecular complexity index is 1190. The van der Waals surface area contributed by atoms with Crippen LogP contribution in [0.5, 0.6) is 5.75 Å². The van der Waals surface area contributed by atoms with Gasteiger partial charge >= 0.3 is 6.03 Å². The maximum Gasteiger partial charge on any atom is 0.331 e. The predicted molar refractivity (Wildman–Crippen MR) is 128 cm³/mol. The Kier molecular flexibility index (Phi) is 8.05. The predicted octanol–water partition coefficient (Wildman–Crippen LogP) is 4.68. The largest absolute Gasteiger partial charge is 0.490 e. The number of carbonyl (C=O) groups is 1. The van der Waals surface area contributed by atoms with Gasteiger partial charge in [0.2, 0.25) is 0 Å². The summed E-state index contributed by atoms with van der Waals surface area (Å²) in [5.41, 5.74) is 0. The van der Waals surface area contributed by atoms with Gasteiger partial charge in [0.1, 0.15) is 28.4 Å². The third kappa shape index (κ3) is 6.35. The fourth-order valence-electron chi connectivity index (χ4n) is 4.45. The van der Waals surface area contributed by atoms with Gasteiger partial charge in [-0.05, 0) is 56.0 Å². The minimum atomic E-state index is -4.53. The Balaban J connectivity index is 1.25. The zero-order valence-electron chi connectivity index (χ0n) is 18.7. The molecule has 7 nitrogen and oxygen atoms in total. The molecule has 0 aliphatic carbocycles. The molecule has 0 unspecified atom stereocenters. The van der Waals surface area contributed by atoms with Crippen LogP contribution in [0.3, 0.4) is 0 Å². The average molecular weight is 548 g/mol. The van der Waals surface area contributed by atoms with E-state index in [9.17, 15) is 22.0 Å². The van der Waals surface area contributed by atoms with Crippen LogP contribution in [0.25, 0.3) is 0 Å². The van der Waals surface area contributed by atoms with E-state index in [1.807, 2.05) is 4.72 Å². The van der Waals surface area contributed by atoms with Crippen molar-refractivity contribution >= 4 is 39.3 Å². The normalized spacial score (nSPS) is 18.5. The van der Waals surface area contributed by atoms with Crippen LogP contribution in [-0.2, 0) is 10.0 Å². The molecule has 2 aliphatic rings. The first-order valence-electron chi connectivity index (χ1n) is 11.2. The average Bonchev–Trinajstić information content (AvgIpc) is 2.83. The van der Waals surface area contributed by atoms with Crippen molar-refractivity contribution in [2.45, 2.75) is 42.7 Å². The minimum absolute atomic E-state index is 0.0720. The molecule has 12 heteroatoms. The van der Waals surface area contributed by atoms with Crippen LogP contribution in [-0.4, -0.2) is 62.6 Å². The number of urea groups is 1. The molecule has 0 bridgehead atoms. The van der Waals surface area contributed by atoms with Gasteiger partial charge in [-0.25, -0.2) is 26.7 Å². The summed E-state index contributed by atoms with van der Waals surface area (Å²) in [6.45, 7) is 2.40. The van der Waals surface area contributed by atoms with Gasteiger partial charge in [0.15, 0.2) is 0 Å². The number of carbonyl (C=O) groups excluding carboxylic acids is 1. The third-order valence-corrected chi connectivity index (χ3v) is 8.42. The molecule has 1 N–H and O–H groups in total. The van der Waals surface area contributed by atoms with Crippen molar-refractivity contribution in [2.75, 3.05) is 26.2 Å². The number of sulfonamides is 1. The van der Waals surface area contributed by atoms with Gasteiger partial charge in [-0.15, -0.1) is 0 Å². The van der Waals surface area contributed by atoms with E-state index < -0.39 is 32.6 Å². The highest BCUT2D eigenvalue weighted by Gasteiger charge is 2.32. The lowest BCUT2D eigenvalue weighted by Crippen LogP contribution is -2.52. The van der Waals surface area contributed by atoms with Crippen LogP contribution in [0.4, 0.5) is 13.6 Å². The van der Waals surface area contributed by atoms with Crippen LogP contribution in [0.1, 0.15) is 25.7 Å². The Labute approximate surface area is 213 Å². The van der Waals surface area contributed by atoms with Crippen molar-refractivity contribution in [3.63, 3.8) is 0 Å². The Morgan fingerprint density at radius 2 is 1.63 bits per heavy atom. The first-order valence-corrected chi connectivity index (χ1v) is 13.5. The maximum absolute atomic E-state index is 13.9. The topological polar surface area (TPSA) is 79.0 Å². The van der Waals surface area contributed by atoms with E-state index in [-0.39, 0.29) is 12.1 Å². The van der Waals surface area contributed by atoms with Gasteiger partial charge in [-0.2, -0.15) is 0 Å². The summed E-state index contributed by atoms with van der Waals surface area (Å²) in [6, 6.07) is 6.69. The molecule has 4 rings (SSSR count). The van der Waals surface area contributed by atoms with E-state index in [2.05, 4.69) is 4.90 Å². The number of piperidine rings is 2. The number of hydrogen-bond acceptors (Lipinski definition) is 5. The van der Waals surface area contributed by atoms with Crippen molar-refractivity contribution in [2.24, 2.45) is 0 Å². The van der Waals surface area contributed by atoms with Crippen molar-refractivity contribution in [3.05, 3.63) is 58.1 Å². The fraction of sp³-hybridized carbons (Fsp3) is 0.435. The van der Waals surface area contributed by atoms with E-state index in [0.717, 1.165) is 32.0 Å². The molecule has 0 atom stereocenters. The zero-order chi connectivity index (χ0) is 25.2. The second kappa shape index (κ2) is 10.9. The molecule has 0 spiro atoms. The number of benzene rings is 2. The van der Waals surface area contributed by atoms with Gasteiger partial charge in [0.05, 0.1) is 10.0 Å². The molecule has 0 radical (unpaired) electrons. The summed E-state index contributed by atoms with van der Waals surface area (Å²) in [5.74, 6) is -1.35. The van der Waals surface area contributed by atoms with Crippen LogP contribution in [0.15, 0.2) is 41.3 Å². The molecular weight excluding hydrogens is 523 g/mol. The summed E-state index contributed by atoms with van der Waals surface area (Å²) in [6.07, 6.45) is 3.12. The SMILES string of the molecule is O=C(NS(=O)(=O)c1cc(F)ccc1F)N1CCC(N2CCC(Oc3ccc(Cl)c(Cl)c3)CC2)CC1. The van der Waals surface area contributed by atoms with Gasteiger partial charge < -0.3 is 9.64 Å². The number of nitrogens with one attached hydrogen (secondary N) is 1. The second-order valence-electron chi connectivity index (χ2n) is 8.63. The quantitative estimate of drug-likeness (QED) is 0.588. The van der Waals surface area contributed by atoms with E-state index in [1.165, 1.54) is 4.90 Å². The van der Waals surface area contributed by atoms with Crippen molar-refractivity contribution in [1.29, 1.82) is 0 Å². The van der Waals surface area contributed by atoms with Gasteiger partial charge in [0.25, 0.3) is 10.0 Å². The highest BCUT2D eigenvalue weighted by Crippen LogP contribution is 2.29. The lowest BCUT2D eigenvalue weighted by atomic mass is 9.99. The Hall–Kier alpha value is -2.14. The molecule has 0 aromatic heterocycles.